The largest absolute Gasteiger partial charge is 0.481 e. The molecule has 11 atom stereocenters. The number of carbonyl (C=O) groups excluding carboxylic acids is 1. The lowest BCUT2D eigenvalue weighted by atomic mass is 9.41. The van der Waals surface area contributed by atoms with Gasteiger partial charge in [0.2, 0.25) is 0 Å². The van der Waals surface area contributed by atoms with Crippen LogP contribution in [0, 0.1) is 45.8 Å². The highest BCUT2D eigenvalue weighted by Gasteiger charge is 2.86. The number of hydrogen-bond donors (Lipinski definition) is 1. The van der Waals surface area contributed by atoms with Crippen LogP contribution < -0.4 is 0 Å². The number of carbonyl (C=O) groups is 2. The molecule has 200 valence electrons. The average molecular weight is 500 g/mol. The maximum atomic E-state index is 13.7. The molecule has 4 aliphatic carbocycles. The summed E-state index contributed by atoms with van der Waals surface area (Å²) in [6.45, 7) is 13.5. The zero-order valence-corrected chi connectivity index (χ0v) is 22.7. The second-order valence-electron chi connectivity index (χ2n) is 13.7. The average Bonchev–Trinajstić information content (AvgIpc) is 3.53. The van der Waals surface area contributed by atoms with Crippen molar-refractivity contribution in [3.63, 3.8) is 0 Å². The van der Waals surface area contributed by atoms with Crippen molar-refractivity contribution in [3.05, 3.63) is 11.6 Å². The van der Waals surface area contributed by atoms with Crippen molar-refractivity contribution in [1.29, 1.82) is 0 Å². The molecule has 6 rings (SSSR count). The minimum absolute atomic E-state index is 0.106. The van der Waals surface area contributed by atoms with Gasteiger partial charge in [-0.05, 0) is 75.5 Å². The number of carboxylic acid groups (broad SMARTS) is 1. The lowest BCUT2D eigenvalue weighted by Gasteiger charge is -2.60. The van der Waals surface area contributed by atoms with Gasteiger partial charge < -0.3 is 19.4 Å². The summed E-state index contributed by atoms with van der Waals surface area (Å²) in [6, 6.07) is 0. The van der Waals surface area contributed by atoms with Crippen molar-refractivity contribution >= 4 is 12.3 Å². The first-order valence-electron chi connectivity index (χ1n) is 14.6. The first-order valence-corrected chi connectivity index (χ1v) is 14.6. The van der Waals surface area contributed by atoms with E-state index in [1.54, 1.807) is 0 Å². The van der Waals surface area contributed by atoms with Crippen LogP contribution in [0.4, 0.5) is 0 Å². The van der Waals surface area contributed by atoms with Crippen LogP contribution in [0.3, 0.4) is 0 Å². The van der Waals surface area contributed by atoms with Gasteiger partial charge in [-0.3, -0.25) is 9.69 Å². The van der Waals surface area contributed by atoms with E-state index in [0.29, 0.717) is 18.3 Å². The van der Waals surface area contributed by atoms with E-state index >= 15 is 0 Å². The van der Waals surface area contributed by atoms with Crippen molar-refractivity contribution in [2.24, 2.45) is 45.8 Å². The van der Waals surface area contributed by atoms with Crippen LogP contribution in [-0.4, -0.2) is 66.3 Å². The summed E-state index contributed by atoms with van der Waals surface area (Å²) in [6.07, 6.45) is 9.39. The number of carboxylic acids is 1. The van der Waals surface area contributed by atoms with Crippen molar-refractivity contribution in [2.75, 3.05) is 19.6 Å². The van der Waals surface area contributed by atoms with Crippen LogP contribution in [-0.2, 0) is 19.1 Å². The molecule has 6 aliphatic rings. The molecular weight excluding hydrogens is 454 g/mol. The van der Waals surface area contributed by atoms with Gasteiger partial charge in [-0.1, -0.05) is 38.8 Å². The summed E-state index contributed by atoms with van der Waals surface area (Å²) in [5, 5.41) is 11.2. The molecule has 1 N–H and O–H groups in total. The zero-order valence-electron chi connectivity index (χ0n) is 22.7. The molecule has 0 aromatic carbocycles. The molecule has 6 heteroatoms. The Kier molecular flexibility index (Phi) is 5.83. The van der Waals surface area contributed by atoms with Gasteiger partial charge in [0.25, 0.3) is 0 Å². The predicted molar refractivity (Wildman–Crippen MR) is 136 cm³/mol. The minimum atomic E-state index is -1.13. The summed E-state index contributed by atoms with van der Waals surface area (Å²) < 4.78 is 12.9. The number of fused-ring (bicyclic) bond motifs is 2. The fourth-order valence-corrected chi connectivity index (χ4v) is 10.8. The van der Waals surface area contributed by atoms with Crippen LogP contribution in [0.15, 0.2) is 11.6 Å². The Morgan fingerprint density at radius 3 is 2.47 bits per heavy atom. The molecule has 4 bridgehead atoms. The summed E-state index contributed by atoms with van der Waals surface area (Å²) in [5.41, 5.74) is -1.44. The second kappa shape index (κ2) is 8.38. The molecule has 0 aromatic heterocycles. The van der Waals surface area contributed by atoms with Crippen molar-refractivity contribution in [2.45, 2.75) is 97.6 Å². The first-order chi connectivity index (χ1) is 17.1. The monoisotopic (exact) mass is 499 g/mol. The molecule has 2 heterocycles. The summed E-state index contributed by atoms with van der Waals surface area (Å²) >= 11 is 0. The lowest BCUT2D eigenvalue weighted by Crippen LogP contribution is -2.65. The van der Waals surface area contributed by atoms with Gasteiger partial charge in [-0.25, -0.2) is 0 Å². The third kappa shape index (κ3) is 2.95. The van der Waals surface area contributed by atoms with Gasteiger partial charge in [0.05, 0.1) is 29.8 Å². The molecule has 8 unspecified atom stereocenters. The predicted octanol–water partition coefficient (Wildman–Crippen LogP) is 4.57. The van der Waals surface area contributed by atoms with E-state index in [1.807, 2.05) is 0 Å². The SMILES string of the molecule is CC1CN(CC2CCC(C34C[C@@H]5[C@H](C)CC[C@H]5C5(C=O)CC3C=C(C(C)C)C45C(=O)O)O2)CC(C)O1. The molecule has 0 amide bonds. The molecule has 36 heavy (non-hydrogen) atoms. The van der Waals surface area contributed by atoms with Crippen LogP contribution in [0.1, 0.15) is 73.1 Å². The van der Waals surface area contributed by atoms with Gasteiger partial charge in [-0.15, -0.1) is 0 Å². The Hall–Kier alpha value is -1.24. The van der Waals surface area contributed by atoms with Crippen molar-refractivity contribution in [3.8, 4) is 0 Å². The highest BCUT2D eigenvalue weighted by molar-refractivity contribution is 5.90. The standard InChI is InChI=1S/C30H45NO5/c1-17(2)25-10-21-11-28(16-32)24-8-6-18(3)23(24)12-29(21,30(25,28)27(33)34)26-9-7-22(36-26)15-31-13-19(4)35-20(5)14-31/h10,16-24,26H,6-9,11-15H2,1-5H3,(H,33,34)/t18-,19?,20?,21?,22?,23-,24-,26?,28?,29?,30?/m1/s1. The molecular formula is C30H45NO5. The smallest absolute Gasteiger partial charge is 0.315 e. The Morgan fingerprint density at radius 2 is 1.83 bits per heavy atom. The quantitative estimate of drug-likeness (QED) is 0.426. The Labute approximate surface area is 216 Å². The summed E-state index contributed by atoms with van der Waals surface area (Å²) in [5.74, 6) is 0.574. The molecule has 2 saturated heterocycles. The molecule has 3 saturated carbocycles. The van der Waals surface area contributed by atoms with Crippen LogP contribution in [0.5, 0.6) is 0 Å². The molecule has 5 fully saturated rings. The number of allylic oxidation sites excluding steroid dienone is 1. The van der Waals surface area contributed by atoms with Crippen LogP contribution in [0.25, 0.3) is 0 Å². The van der Waals surface area contributed by atoms with Crippen LogP contribution >= 0.6 is 0 Å². The maximum Gasteiger partial charge on any atom is 0.315 e. The number of hydrogen-bond acceptors (Lipinski definition) is 5. The molecule has 0 spiro atoms. The van der Waals surface area contributed by atoms with Crippen LogP contribution in [0.2, 0.25) is 0 Å². The van der Waals surface area contributed by atoms with E-state index in [2.05, 4.69) is 45.6 Å². The highest BCUT2D eigenvalue weighted by Crippen LogP contribution is 2.84. The van der Waals surface area contributed by atoms with Crippen molar-refractivity contribution < 1.29 is 24.2 Å². The summed E-state index contributed by atoms with van der Waals surface area (Å²) in [7, 11) is 0. The topological polar surface area (TPSA) is 76.1 Å². The number of aliphatic carboxylic acids is 1. The third-order valence-electron chi connectivity index (χ3n) is 11.6. The molecule has 0 aromatic rings. The van der Waals surface area contributed by atoms with Gasteiger partial charge in [-0.2, -0.15) is 0 Å². The fourth-order valence-electron chi connectivity index (χ4n) is 10.8. The number of morpholine rings is 1. The lowest BCUT2D eigenvalue weighted by molar-refractivity contribution is -0.198. The highest BCUT2D eigenvalue weighted by atomic mass is 16.5. The Morgan fingerprint density at radius 1 is 1.11 bits per heavy atom. The van der Waals surface area contributed by atoms with E-state index < -0.39 is 22.2 Å². The third-order valence-corrected chi connectivity index (χ3v) is 11.6. The zero-order chi connectivity index (χ0) is 25.6. The second-order valence-corrected chi connectivity index (χ2v) is 13.7. The Bertz CT molecular complexity index is 953. The number of ether oxygens (including phenoxy) is 2. The van der Waals surface area contributed by atoms with E-state index in [0.717, 1.165) is 63.6 Å². The van der Waals surface area contributed by atoms with E-state index in [4.69, 9.17) is 9.47 Å². The van der Waals surface area contributed by atoms with Gasteiger partial charge in [0.1, 0.15) is 11.7 Å². The molecule has 0 radical (unpaired) electrons. The van der Waals surface area contributed by atoms with E-state index in [9.17, 15) is 14.7 Å². The van der Waals surface area contributed by atoms with E-state index in [1.165, 1.54) is 0 Å². The van der Waals surface area contributed by atoms with E-state index in [-0.39, 0.29) is 42.2 Å². The number of aldehydes is 1. The summed E-state index contributed by atoms with van der Waals surface area (Å²) in [4.78, 5) is 29.4. The molecule has 6 nitrogen and oxygen atoms in total. The van der Waals surface area contributed by atoms with Gasteiger partial charge in [0.15, 0.2) is 0 Å². The minimum Gasteiger partial charge on any atom is -0.481 e. The Balaban J connectivity index is 1.39. The number of rotatable bonds is 6. The van der Waals surface area contributed by atoms with Gasteiger partial charge >= 0.3 is 5.97 Å². The molecule has 2 aliphatic heterocycles. The number of nitrogens with zero attached hydrogens (tertiary/aromatic N) is 1. The first kappa shape index (κ1) is 25.1. The fraction of sp³-hybridized carbons (Fsp3) is 0.867. The van der Waals surface area contributed by atoms with Gasteiger partial charge in [0, 0.05) is 25.0 Å². The normalized spacial score (nSPS) is 52.0. The maximum absolute atomic E-state index is 13.7. The van der Waals surface area contributed by atoms with Crippen molar-refractivity contribution in [1.82, 2.24) is 4.90 Å².